The van der Waals surface area contributed by atoms with E-state index in [1.165, 1.54) is 0 Å². The predicted octanol–water partition coefficient (Wildman–Crippen LogP) is -3.63. The lowest BCUT2D eigenvalue weighted by atomic mass is 9.99. The zero-order valence-electron chi connectivity index (χ0n) is 11.0. The van der Waals surface area contributed by atoms with Gasteiger partial charge in [-0.05, 0) is 0 Å². The topological polar surface area (TPSA) is 203 Å². The van der Waals surface area contributed by atoms with E-state index >= 15 is 0 Å². The fraction of sp³-hybridized carbons (Fsp3) is 0.889. The summed E-state index contributed by atoms with van der Waals surface area (Å²) in [5, 5.41) is 46.5. The standard InChI is InChI=1S/C9H17O12P/c10-1-3(8(14)15)20-9-7(13)6(12)5(11)4(21-9)2-19-22(16,17)18/h3-7,9-13H,1-2H2,(H,14,15)(H2,16,17,18). The third kappa shape index (κ3) is 5.21. The number of aliphatic hydroxyl groups is 4. The summed E-state index contributed by atoms with van der Waals surface area (Å²) >= 11 is 0. The molecule has 1 aliphatic rings. The van der Waals surface area contributed by atoms with Gasteiger partial charge in [0.2, 0.25) is 0 Å². The molecule has 130 valence electrons. The van der Waals surface area contributed by atoms with Gasteiger partial charge in [0.05, 0.1) is 13.2 Å². The largest absolute Gasteiger partial charge is 0.479 e. The fourth-order valence-corrected chi connectivity index (χ4v) is 2.02. The highest BCUT2D eigenvalue weighted by Gasteiger charge is 2.46. The normalized spacial score (nSPS) is 34.4. The molecule has 1 saturated heterocycles. The van der Waals surface area contributed by atoms with Crippen LogP contribution in [0.25, 0.3) is 0 Å². The van der Waals surface area contributed by atoms with Gasteiger partial charge in [0.25, 0.3) is 0 Å². The molecule has 1 heterocycles. The Morgan fingerprint density at radius 3 is 2.23 bits per heavy atom. The van der Waals surface area contributed by atoms with E-state index in [2.05, 4.69) is 4.52 Å². The zero-order valence-corrected chi connectivity index (χ0v) is 11.9. The van der Waals surface area contributed by atoms with Crippen molar-refractivity contribution in [3.63, 3.8) is 0 Å². The maximum atomic E-state index is 10.7. The number of aliphatic carboxylic acids is 1. The first-order chi connectivity index (χ1) is 10.1. The Balaban J connectivity index is 2.77. The van der Waals surface area contributed by atoms with Crippen LogP contribution in [0.4, 0.5) is 0 Å². The summed E-state index contributed by atoms with van der Waals surface area (Å²) in [4.78, 5) is 27.9. The van der Waals surface area contributed by atoms with Gasteiger partial charge in [-0.25, -0.2) is 9.36 Å². The molecule has 1 aliphatic heterocycles. The first kappa shape index (κ1) is 19.4. The van der Waals surface area contributed by atoms with Crippen LogP contribution in [-0.4, -0.2) is 91.3 Å². The quantitative estimate of drug-likeness (QED) is 0.223. The highest BCUT2D eigenvalue weighted by atomic mass is 31.2. The van der Waals surface area contributed by atoms with Crippen LogP contribution in [0.1, 0.15) is 0 Å². The maximum absolute atomic E-state index is 10.7. The van der Waals surface area contributed by atoms with E-state index in [0.29, 0.717) is 0 Å². The summed E-state index contributed by atoms with van der Waals surface area (Å²) in [6.45, 7) is -1.81. The maximum Gasteiger partial charge on any atom is 0.469 e. The van der Waals surface area contributed by atoms with Crippen LogP contribution in [0.3, 0.4) is 0 Å². The SMILES string of the molecule is O=C(O)C(CO)OC1OC(COP(=O)(O)O)C(O)C(O)C1O. The summed E-state index contributed by atoms with van der Waals surface area (Å²) in [5.41, 5.74) is 0. The molecule has 0 aliphatic carbocycles. The molecule has 13 heteroatoms. The molecule has 0 saturated carbocycles. The van der Waals surface area contributed by atoms with E-state index in [1.54, 1.807) is 0 Å². The highest BCUT2D eigenvalue weighted by molar-refractivity contribution is 7.46. The van der Waals surface area contributed by atoms with E-state index in [4.69, 9.17) is 29.5 Å². The lowest BCUT2D eigenvalue weighted by Gasteiger charge is -2.40. The number of phosphoric ester groups is 1. The van der Waals surface area contributed by atoms with Crippen molar-refractivity contribution in [2.45, 2.75) is 36.8 Å². The number of ether oxygens (including phenoxy) is 2. The summed E-state index contributed by atoms with van der Waals surface area (Å²) in [5.74, 6) is -1.57. The number of phosphoric acid groups is 1. The molecule has 0 aromatic heterocycles. The van der Waals surface area contributed by atoms with E-state index in [-0.39, 0.29) is 0 Å². The molecule has 0 spiro atoms. The Kier molecular flexibility index (Phi) is 6.83. The average Bonchev–Trinajstić information content (AvgIpc) is 2.41. The second-order valence-corrected chi connectivity index (χ2v) is 5.69. The van der Waals surface area contributed by atoms with Crippen LogP contribution >= 0.6 is 7.82 Å². The molecule has 0 aromatic rings. The van der Waals surface area contributed by atoms with Crippen molar-refractivity contribution in [3.05, 3.63) is 0 Å². The minimum absolute atomic E-state index is 0.855. The minimum Gasteiger partial charge on any atom is -0.479 e. The van der Waals surface area contributed by atoms with Gasteiger partial charge >= 0.3 is 13.8 Å². The van der Waals surface area contributed by atoms with Crippen LogP contribution < -0.4 is 0 Å². The Morgan fingerprint density at radius 2 is 1.77 bits per heavy atom. The Hall–Kier alpha value is -0.660. The zero-order chi connectivity index (χ0) is 17.1. The number of aliphatic hydroxyl groups excluding tert-OH is 4. The average molecular weight is 348 g/mol. The summed E-state index contributed by atoms with van der Waals surface area (Å²) < 4.78 is 24.4. The second kappa shape index (κ2) is 7.75. The van der Waals surface area contributed by atoms with Crippen molar-refractivity contribution in [2.24, 2.45) is 0 Å². The van der Waals surface area contributed by atoms with Crippen molar-refractivity contribution in [3.8, 4) is 0 Å². The van der Waals surface area contributed by atoms with Gasteiger partial charge in [0, 0.05) is 0 Å². The van der Waals surface area contributed by atoms with Crippen LogP contribution in [0.15, 0.2) is 0 Å². The first-order valence-electron chi connectivity index (χ1n) is 5.95. The lowest BCUT2D eigenvalue weighted by Crippen LogP contribution is -2.60. The van der Waals surface area contributed by atoms with E-state index in [0.717, 1.165) is 0 Å². The number of rotatable bonds is 7. The molecule has 0 amide bonds. The molecular weight excluding hydrogens is 331 g/mol. The first-order valence-corrected chi connectivity index (χ1v) is 7.48. The summed E-state index contributed by atoms with van der Waals surface area (Å²) in [6, 6.07) is 0. The van der Waals surface area contributed by atoms with Crippen LogP contribution in [-0.2, 0) is 23.4 Å². The number of hydrogen-bond donors (Lipinski definition) is 7. The minimum atomic E-state index is -4.87. The lowest BCUT2D eigenvalue weighted by molar-refractivity contribution is -0.310. The van der Waals surface area contributed by atoms with Crippen molar-refractivity contribution >= 4 is 13.8 Å². The van der Waals surface area contributed by atoms with Gasteiger partial charge < -0.3 is 44.8 Å². The fourth-order valence-electron chi connectivity index (χ4n) is 1.68. The molecule has 1 fully saturated rings. The Bertz CT molecular complexity index is 423. The number of carbonyl (C=O) groups is 1. The molecule has 0 bridgehead atoms. The molecule has 1 rings (SSSR count). The predicted molar refractivity (Wildman–Crippen MR) is 64.3 cm³/mol. The van der Waals surface area contributed by atoms with Crippen LogP contribution in [0.5, 0.6) is 0 Å². The molecule has 7 N–H and O–H groups in total. The van der Waals surface area contributed by atoms with Gasteiger partial charge in [-0.2, -0.15) is 0 Å². The van der Waals surface area contributed by atoms with Gasteiger partial charge in [0.15, 0.2) is 12.4 Å². The third-order valence-electron chi connectivity index (χ3n) is 2.82. The van der Waals surface area contributed by atoms with E-state index in [1.807, 2.05) is 0 Å². The van der Waals surface area contributed by atoms with Gasteiger partial charge in [0.1, 0.15) is 24.4 Å². The summed E-state index contributed by atoms with van der Waals surface area (Å²) in [7, 11) is -4.87. The van der Waals surface area contributed by atoms with E-state index < -0.39 is 63.8 Å². The second-order valence-electron chi connectivity index (χ2n) is 4.45. The monoisotopic (exact) mass is 348 g/mol. The highest BCUT2D eigenvalue weighted by Crippen LogP contribution is 2.37. The molecule has 12 nitrogen and oxygen atoms in total. The Morgan fingerprint density at radius 1 is 1.18 bits per heavy atom. The van der Waals surface area contributed by atoms with Gasteiger partial charge in [-0.3, -0.25) is 4.52 Å². The molecular formula is C9H17O12P. The van der Waals surface area contributed by atoms with Crippen molar-refractivity contribution in [1.82, 2.24) is 0 Å². The van der Waals surface area contributed by atoms with Gasteiger partial charge in [-0.15, -0.1) is 0 Å². The smallest absolute Gasteiger partial charge is 0.469 e. The molecule has 6 atom stereocenters. The number of hydrogen-bond acceptors (Lipinski definition) is 9. The molecule has 0 aromatic carbocycles. The molecule has 22 heavy (non-hydrogen) atoms. The molecule has 6 unspecified atom stereocenters. The van der Waals surface area contributed by atoms with Gasteiger partial charge in [-0.1, -0.05) is 0 Å². The molecule has 0 radical (unpaired) electrons. The number of carboxylic acids is 1. The van der Waals surface area contributed by atoms with Crippen molar-refractivity contribution in [2.75, 3.05) is 13.2 Å². The van der Waals surface area contributed by atoms with E-state index in [9.17, 15) is 24.7 Å². The summed E-state index contributed by atoms with van der Waals surface area (Å²) in [6.07, 6.45) is -10.5. The van der Waals surface area contributed by atoms with Crippen LogP contribution in [0.2, 0.25) is 0 Å². The van der Waals surface area contributed by atoms with Crippen molar-refractivity contribution < 1.29 is 58.7 Å². The van der Waals surface area contributed by atoms with Crippen LogP contribution in [0, 0.1) is 0 Å². The van der Waals surface area contributed by atoms with Crippen molar-refractivity contribution in [1.29, 1.82) is 0 Å². The Labute approximate surface area is 123 Å². The third-order valence-corrected chi connectivity index (χ3v) is 3.30. The number of carboxylic acid groups (broad SMARTS) is 1.